The molecule has 0 aliphatic rings. The summed E-state index contributed by atoms with van der Waals surface area (Å²) in [6, 6.07) is 0. The molecular formula is C7H17NO5. The van der Waals surface area contributed by atoms with Gasteiger partial charge in [0.1, 0.15) is 18.3 Å². The molecule has 0 heterocycles. The normalized spacial score (nSPS) is 20.8. The van der Waals surface area contributed by atoms with Crippen molar-refractivity contribution in [2.45, 2.75) is 31.5 Å². The summed E-state index contributed by atoms with van der Waals surface area (Å²) < 4.78 is 4.78. The highest BCUT2D eigenvalue weighted by molar-refractivity contribution is 4.70. The van der Waals surface area contributed by atoms with Crippen LogP contribution in [0.3, 0.4) is 0 Å². The molecule has 0 saturated carbocycles. The summed E-state index contributed by atoms with van der Waals surface area (Å²) in [6.07, 6.45) is -4.51. The van der Waals surface area contributed by atoms with Gasteiger partial charge in [0.15, 0.2) is 6.29 Å². The van der Waals surface area contributed by atoms with Crippen molar-refractivity contribution in [3.05, 3.63) is 0 Å². The van der Waals surface area contributed by atoms with Gasteiger partial charge in [-0.3, -0.25) is 0 Å². The summed E-state index contributed by atoms with van der Waals surface area (Å²) in [7, 11) is 0. The lowest BCUT2D eigenvalue weighted by atomic mass is 10.2. The molecule has 80 valence electrons. The maximum Gasteiger partial charge on any atom is 0.181 e. The molecule has 0 aromatic carbocycles. The number of aliphatic hydroxyl groups is 4. The second-order valence-corrected chi connectivity index (χ2v) is 2.79. The van der Waals surface area contributed by atoms with Crippen LogP contribution in [-0.4, -0.2) is 58.2 Å². The van der Waals surface area contributed by atoms with Gasteiger partial charge in [-0.2, -0.15) is 0 Å². The van der Waals surface area contributed by atoms with Crippen LogP contribution in [0, 0.1) is 0 Å². The second-order valence-electron chi connectivity index (χ2n) is 2.79. The second kappa shape index (κ2) is 6.25. The van der Waals surface area contributed by atoms with Gasteiger partial charge in [-0.1, -0.05) is 0 Å². The molecule has 3 unspecified atom stereocenters. The minimum Gasteiger partial charge on any atom is -0.394 e. The number of nitrogens with two attached hydrogens (primary N) is 1. The van der Waals surface area contributed by atoms with Crippen LogP contribution in [0.25, 0.3) is 0 Å². The van der Waals surface area contributed by atoms with Crippen molar-refractivity contribution in [1.82, 2.24) is 0 Å². The van der Waals surface area contributed by atoms with E-state index < -0.39 is 31.2 Å². The van der Waals surface area contributed by atoms with E-state index in [1.54, 1.807) is 0 Å². The van der Waals surface area contributed by atoms with E-state index >= 15 is 0 Å². The topological polar surface area (TPSA) is 116 Å². The zero-order valence-electron chi connectivity index (χ0n) is 7.50. The number of rotatable bonds is 6. The molecule has 0 aromatic rings. The van der Waals surface area contributed by atoms with E-state index in [1.807, 2.05) is 0 Å². The first-order valence-corrected chi connectivity index (χ1v) is 4.03. The summed E-state index contributed by atoms with van der Waals surface area (Å²) in [5, 5.41) is 35.6. The first kappa shape index (κ1) is 12.8. The summed E-state index contributed by atoms with van der Waals surface area (Å²) in [5.41, 5.74) is 5.21. The highest BCUT2D eigenvalue weighted by atomic mass is 16.6. The molecule has 0 aliphatic carbocycles. The van der Waals surface area contributed by atoms with E-state index in [-0.39, 0.29) is 6.54 Å². The van der Waals surface area contributed by atoms with Gasteiger partial charge in [-0.25, -0.2) is 0 Å². The molecule has 0 amide bonds. The molecule has 6 N–H and O–H groups in total. The van der Waals surface area contributed by atoms with Crippen LogP contribution in [0.5, 0.6) is 0 Å². The van der Waals surface area contributed by atoms with Crippen LogP contribution < -0.4 is 5.73 Å². The lowest BCUT2D eigenvalue weighted by Crippen LogP contribution is -2.43. The minimum absolute atomic E-state index is 0.0501. The Labute approximate surface area is 76.6 Å². The van der Waals surface area contributed by atoms with Gasteiger partial charge in [-0.15, -0.1) is 0 Å². The van der Waals surface area contributed by atoms with Crippen LogP contribution in [-0.2, 0) is 4.74 Å². The highest BCUT2D eigenvalue weighted by Crippen LogP contribution is 2.03. The van der Waals surface area contributed by atoms with Crippen molar-refractivity contribution in [3.8, 4) is 0 Å². The van der Waals surface area contributed by atoms with Crippen LogP contribution in [0.1, 0.15) is 6.92 Å². The Morgan fingerprint density at radius 2 is 1.85 bits per heavy atom. The van der Waals surface area contributed by atoms with Crippen LogP contribution in [0.15, 0.2) is 0 Å². The summed E-state index contributed by atoms with van der Waals surface area (Å²) in [5.74, 6) is 0. The molecule has 13 heavy (non-hydrogen) atoms. The van der Waals surface area contributed by atoms with Gasteiger partial charge in [0.25, 0.3) is 0 Å². The predicted octanol–water partition coefficient (Wildman–Crippen LogP) is -2.62. The van der Waals surface area contributed by atoms with Crippen molar-refractivity contribution >= 4 is 0 Å². The van der Waals surface area contributed by atoms with Crippen LogP contribution in [0.2, 0.25) is 0 Å². The summed E-state index contributed by atoms with van der Waals surface area (Å²) in [4.78, 5) is 0. The van der Waals surface area contributed by atoms with Gasteiger partial charge in [0, 0.05) is 6.54 Å². The molecule has 0 bridgehead atoms. The molecule has 0 aliphatic heterocycles. The Bertz CT molecular complexity index is 132. The lowest BCUT2D eigenvalue weighted by molar-refractivity contribution is -0.203. The van der Waals surface area contributed by atoms with Crippen molar-refractivity contribution in [1.29, 1.82) is 0 Å². The smallest absolute Gasteiger partial charge is 0.181 e. The number of aliphatic hydroxyl groups excluding tert-OH is 4. The average molecular weight is 195 g/mol. The van der Waals surface area contributed by atoms with Gasteiger partial charge in [0.05, 0.1) is 6.61 Å². The highest BCUT2D eigenvalue weighted by Gasteiger charge is 2.23. The molecular weight excluding hydrogens is 178 g/mol. The Morgan fingerprint density at radius 3 is 2.15 bits per heavy atom. The van der Waals surface area contributed by atoms with E-state index in [2.05, 4.69) is 0 Å². The summed E-state index contributed by atoms with van der Waals surface area (Å²) in [6.45, 7) is 0.781. The van der Waals surface area contributed by atoms with Crippen molar-refractivity contribution in [2.24, 2.45) is 5.73 Å². The number of hydrogen-bond acceptors (Lipinski definition) is 6. The van der Waals surface area contributed by atoms with Gasteiger partial charge < -0.3 is 30.9 Å². The number of hydrogen-bond donors (Lipinski definition) is 5. The van der Waals surface area contributed by atoms with E-state index in [4.69, 9.17) is 30.9 Å². The third-order valence-electron chi connectivity index (χ3n) is 1.58. The molecule has 0 saturated heterocycles. The van der Waals surface area contributed by atoms with Crippen molar-refractivity contribution < 1.29 is 25.2 Å². The average Bonchev–Trinajstić information content (AvgIpc) is 2.12. The van der Waals surface area contributed by atoms with E-state index in [1.165, 1.54) is 6.92 Å². The SMILES string of the molecule is CC(O)C(O)OC(CN)[C@H](O)CO. The molecule has 4 atom stereocenters. The largest absolute Gasteiger partial charge is 0.394 e. The van der Waals surface area contributed by atoms with E-state index in [9.17, 15) is 0 Å². The van der Waals surface area contributed by atoms with Gasteiger partial charge in [0.2, 0.25) is 0 Å². The maximum absolute atomic E-state index is 9.10. The zero-order chi connectivity index (χ0) is 10.4. The molecule has 0 rings (SSSR count). The fourth-order valence-electron chi connectivity index (χ4n) is 0.714. The molecule has 0 fully saturated rings. The maximum atomic E-state index is 9.10. The molecule has 6 heteroatoms. The molecule has 0 radical (unpaired) electrons. The van der Waals surface area contributed by atoms with Crippen LogP contribution >= 0.6 is 0 Å². The minimum atomic E-state index is -1.41. The molecule has 6 nitrogen and oxygen atoms in total. The van der Waals surface area contributed by atoms with Crippen molar-refractivity contribution in [2.75, 3.05) is 13.2 Å². The Kier molecular flexibility index (Phi) is 6.13. The lowest BCUT2D eigenvalue weighted by Gasteiger charge is -2.24. The van der Waals surface area contributed by atoms with Crippen molar-refractivity contribution in [3.63, 3.8) is 0 Å². The fraction of sp³-hybridized carbons (Fsp3) is 1.00. The van der Waals surface area contributed by atoms with Gasteiger partial charge in [-0.05, 0) is 6.92 Å². The Balaban J connectivity index is 3.97. The quantitative estimate of drug-likeness (QED) is 0.296. The van der Waals surface area contributed by atoms with E-state index in [0.29, 0.717) is 0 Å². The third kappa shape index (κ3) is 4.51. The monoisotopic (exact) mass is 195 g/mol. The first-order valence-electron chi connectivity index (χ1n) is 4.03. The molecule has 0 aromatic heterocycles. The Hall–Kier alpha value is -0.240. The number of ether oxygens (including phenoxy) is 1. The van der Waals surface area contributed by atoms with Gasteiger partial charge >= 0.3 is 0 Å². The van der Waals surface area contributed by atoms with E-state index in [0.717, 1.165) is 0 Å². The zero-order valence-corrected chi connectivity index (χ0v) is 7.50. The van der Waals surface area contributed by atoms with Crippen LogP contribution in [0.4, 0.5) is 0 Å². The fourth-order valence-corrected chi connectivity index (χ4v) is 0.714. The summed E-state index contributed by atoms with van der Waals surface area (Å²) >= 11 is 0. The third-order valence-corrected chi connectivity index (χ3v) is 1.58. The predicted molar refractivity (Wildman–Crippen MR) is 44.7 cm³/mol. The standard InChI is InChI=1S/C7H17NO5/c1-4(10)7(12)13-6(2-8)5(11)3-9/h4-7,9-12H,2-3,8H2,1H3/t4?,5-,6?,7?/m1/s1. The first-order chi connectivity index (χ1) is 6.02. The Morgan fingerprint density at radius 1 is 1.31 bits per heavy atom. The molecule has 0 spiro atoms.